The topological polar surface area (TPSA) is 38.3 Å². The molecule has 23 heavy (non-hydrogen) atoms. The number of amides is 1. The van der Waals surface area contributed by atoms with E-state index in [2.05, 4.69) is 36.5 Å². The summed E-state index contributed by atoms with van der Waals surface area (Å²) in [7, 11) is 0. The van der Waals surface area contributed by atoms with Crippen molar-refractivity contribution in [1.82, 2.24) is 5.32 Å². The third-order valence-corrected chi connectivity index (χ3v) is 3.73. The van der Waals surface area contributed by atoms with E-state index >= 15 is 0 Å². The van der Waals surface area contributed by atoms with E-state index in [1.807, 2.05) is 31.2 Å². The number of carbonyl (C=O) groups excluding carboxylic acids is 1. The van der Waals surface area contributed by atoms with Gasteiger partial charge in [-0.25, -0.2) is 0 Å². The Morgan fingerprint density at radius 2 is 1.83 bits per heavy atom. The molecule has 0 aliphatic rings. The molecule has 0 heterocycles. The van der Waals surface area contributed by atoms with Gasteiger partial charge in [0.25, 0.3) is 5.91 Å². The number of rotatable bonds is 7. The van der Waals surface area contributed by atoms with E-state index in [0.717, 1.165) is 24.2 Å². The minimum atomic E-state index is -0.490. The van der Waals surface area contributed by atoms with Crippen molar-refractivity contribution in [3.63, 3.8) is 0 Å². The molecular weight excluding hydrogens is 286 g/mol. The van der Waals surface area contributed by atoms with Crippen LogP contribution in [0.2, 0.25) is 0 Å². The SMILES string of the molecule is Cc1ccc(CCCNC(=O)[C@@H](C)Oc2cccc(C)c2)cc1. The quantitative estimate of drug-likeness (QED) is 0.789. The van der Waals surface area contributed by atoms with Gasteiger partial charge in [-0.2, -0.15) is 0 Å². The monoisotopic (exact) mass is 311 g/mol. The fourth-order valence-electron chi connectivity index (χ4n) is 2.35. The molecule has 1 N–H and O–H groups in total. The Kier molecular flexibility index (Phi) is 6.21. The smallest absolute Gasteiger partial charge is 0.260 e. The van der Waals surface area contributed by atoms with Gasteiger partial charge < -0.3 is 10.1 Å². The average molecular weight is 311 g/mol. The van der Waals surface area contributed by atoms with Crippen molar-refractivity contribution >= 4 is 5.91 Å². The highest BCUT2D eigenvalue weighted by atomic mass is 16.5. The molecule has 0 saturated carbocycles. The lowest BCUT2D eigenvalue weighted by molar-refractivity contribution is -0.127. The summed E-state index contributed by atoms with van der Waals surface area (Å²) in [4.78, 5) is 12.1. The summed E-state index contributed by atoms with van der Waals surface area (Å²) < 4.78 is 5.67. The van der Waals surface area contributed by atoms with Crippen LogP contribution in [-0.2, 0) is 11.2 Å². The van der Waals surface area contributed by atoms with E-state index in [1.165, 1.54) is 11.1 Å². The molecule has 1 atom stereocenters. The number of aryl methyl sites for hydroxylation is 3. The molecular formula is C20H25NO2. The fourth-order valence-corrected chi connectivity index (χ4v) is 2.35. The molecule has 2 aromatic carbocycles. The van der Waals surface area contributed by atoms with Crippen LogP contribution in [0.25, 0.3) is 0 Å². The van der Waals surface area contributed by atoms with E-state index in [1.54, 1.807) is 6.92 Å². The molecule has 122 valence electrons. The van der Waals surface area contributed by atoms with Gasteiger partial charge in [0.05, 0.1) is 0 Å². The van der Waals surface area contributed by atoms with Gasteiger partial charge in [0.15, 0.2) is 6.10 Å². The molecule has 2 rings (SSSR count). The number of benzene rings is 2. The van der Waals surface area contributed by atoms with Gasteiger partial charge in [0, 0.05) is 6.54 Å². The molecule has 0 aliphatic heterocycles. The second-order valence-corrected chi connectivity index (χ2v) is 5.96. The molecule has 3 nitrogen and oxygen atoms in total. The maximum Gasteiger partial charge on any atom is 0.260 e. The molecule has 0 aromatic heterocycles. The molecule has 0 unspecified atom stereocenters. The van der Waals surface area contributed by atoms with Crippen molar-refractivity contribution in [3.05, 3.63) is 65.2 Å². The number of carbonyl (C=O) groups is 1. The molecule has 3 heteroatoms. The molecule has 1 amide bonds. The maximum atomic E-state index is 12.1. The van der Waals surface area contributed by atoms with Crippen molar-refractivity contribution < 1.29 is 9.53 Å². The first-order valence-corrected chi connectivity index (χ1v) is 8.11. The maximum absolute atomic E-state index is 12.1. The zero-order valence-electron chi connectivity index (χ0n) is 14.1. The van der Waals surface area contributed by atoms with E-state index in [4.69, 9.17) is 4.74 Å². The summed E-state index contributed by atoms with van der Waals surface area (Å²) in [5.41, 5.74) is 3.69. The summed E-state index contributed by atoms with van der Waals surface area (Å²) in [5.74, 6) is 0.655. The third kappa shape index (κ3) is 5.78. The second-order valence-electron chi connectivity index (χ2n) is 5.96. The zero-order chi connectivity index (χ0) is 16.7. The highest BCUT2D eigenvalue weighted by Gasteiger charge is 2.13. The lowest BCUT2D eigenvalue weighted by Crippen LogP contribution is -2.36. The van der Waals surface area contributed by atoms with E-state index < -0.39 is 6.10 Å². The number of hydrogen-bond donors (Lipinski definition) is 1. The highest BCUT2D eigenvalue weighted by Crippen LogP contribution is 2.14. The van der Waals surface area contributed by atoms with Crippen molar-refractivity contribution in [3.8, 4) is 5.75 Å². The van der Waals surface area contributed by atoms with Crippen LogP contribution in [-0.4, -0.2) is 18.6 Å². The Bertz CT molecular complexity index is 634. The molecule has 0 aliphatic carbocycles. The summed E-state index contributed by atoms with van der Waals surface area (Å²) in [6.45, 7) is 6.52. The Morgan fingerprint density at radius 1 is 1.09 bits per heavy atom. The Hall–Kier alpha value is -2.29. The van der Waals surface area contributed by atoms with E-state index in [-0.39, 0.29) is 5.91 Å². The summed E-state index contributed by atoms with van der Waals surface area (Å²) >= 11 is 0. The number of ether oxygens (including phenoxy) is 1. The molecule has 0 radical (unpaired) electrons. The van der Waals surface area contributed by atoms with Crippen LogP contribution in [0.5, 0.6) is 5.75 Å². The Balaban J connectivity index is 1.70. The predicted molar refractivity (Wildman–Crippen MR) is 93.8 cm³/mol. The summed E-state index contributed by atoms with van der Waals surface area (Å²) in [6.07, 6.45) is 1.40. The van der Waals surface area contributed by atoms with Gasteiger partial charge in [-0.15, -0.1) is 0 Å². The molecule has 0 bridgehead atoms. The van der Waals surface area contributed by atoms with Gasteiger partial charge in [0.1, 0.15) is 5.75 Å². The minimum absolute atomic E-state index is 0.0737. The van der Waals surface area contributed by atoms with Crippen LogP contribution in [0.3, 0.4) is 0 Å². The van der Waals surface area contributed by atoms with Gasteiger partial charge in [-0.05, 0) is 56.9 Å². The average Bonchev–Trinajstić information content (AvgIpc) is 2.53. The number of nitrogens with one attached hydrogen (secondary N) is 1. The summed E-state index contributed by atoms with van der Waals surface area (Å²) in [6, 6.07) is 16.2. The lowest BCUT2D eigenvalue weighted by atomic mass is 10.1. The second kappa shape index (κ2) is 8.37. The Morgan fingerprint density at radius 3 is 2.52 bits per heavy atom. The van der Waals surface area contributed by atoms with Crippen molar-refractivity contribution in [2.45, 2.75) is 39.7 Å². The largest absolute Gasteiger partial charge is 0.481 e. The van der Waals surface area contributed by atoms with Crippen molar-refractivity contribution in [1.29, 1.82) is 0 Å². The van der Waals surface area contributed by atoms with Crippen LogP contribution >= 0.6 is 0 Å². The number of hydrogen-bond acceptors (Lipinski definition) is 2. The van der Waals surface area contributed by atoms with Crippen LogP contribution in [0.4, 0.5) is 0 Å². The van der Waals surface area contributed by atoms with Crippen LogP contribution in [0.1, 0.15) is 30.0 Å². The standard InChI is InChI=1S/C20H25NO2/c1-15-9-11-18(12-10-15)7-5-13-21-20(22)17(3)23-19-8-4-6-16(2)14-19/h4,6,8-12,14,17H,5,7,13H2,1-3H3,(H,21,22)/t17-/m1/s1. The molecule has 0 saturated heterocycles. The zero-order valence-corrected chi connectivity index (χ0v) is 14.1. The Labute approximate surface area is 138 Å². The van der Waals surface area contributed by atoms with E-state index in [0.29, 0.717) is 6.54 Å². The summed E-state index contributed by atoms with van der Waals surface area (Å²) in [5, 5.41) is 2.93. The van der Waals surface area contributed by atoms with Crippen LogP contribution in [0.15, 0.2) is 48.5 Å². The third-order valence-electron chi connectivity index (χ3n) is 3.73. The van der Waals surface area contributed by atoms with E-state index in [9.17, 15) is 4.79 Å². The van der Waals surface area contributed by atoms with Gasteiger partial charge in [-0.1, -0.05) is 42.0 Å². The van der Waals surface area contributed by atoms with Gasteiger partial charge >= 0.3 is 0 Å². The molecule has 2 aromatic rings. The normalized spacial score (nSPS) is 11.8. The first-order valence-electron chi connectivity index (χ1n) is 8.11. The predicted octanol–water partition coefficient (Wildman–Crippen LogP) is 3.82. The minimum Gasteiger partial charge on any atom is -0.481 e. The van der Waals surface area contributed by atoms with Crippen LogP contribution in [0, 0.1) is 13.8 Å². The fraction of sp³-hybridized carbons (Fsp3) is 0.350. The first-order chi connectivity index (χ1) is 11.0. The van der Waals surface area contributed by atoms with Gasteiger partial charge in [-0.3, -0.25) is 4.79 Å². The van der Waals surface area contributed by atoms with Gasteiger partial charge in [0.2, 0.25) is 0 Å². The molecule has 0 spiro atoms. The lowest BCUT2D eigenvalue weighted by Gasteiger charge is -2.15. The highest BCUT2D eigenvalue weighted by molar-refractivity contribution is 5.80. The first kappa shape index (κ1) is 17.1. The van der Waals surface area contributed by atoms with Crippen molar-refractivity contribution in [2.75, 3.05) is 6.54 Å². The molecule has 0 fully saturated rings. The van der Waals surface area contributed by atoms with Crippen LogP contribution < -0.4 is 10.1 Å². The van der Waals surface area contributed by atoms with Crippen molar-refractivity contribution in [2.24, 2.45) is 0 Å².